The van der Waals surface area contributed by atoms with Crippen LogP contribution in [0.1, 0.15) is 24.8 Å². The molecule has 0 radical (unpaired) electrons. The smallest absolute Gasteiger partial charge is 0.286 e. The Kier molecular flexibility index (Phi) is 2.17. The fourth-order valence-electron chi connectivity index (χ4n) is 3.05. The molecule has 2 atom stereocenters. The lowest BCUT2D eigenvalue weighted by molar-refractivity contribution is -0.474. The van der Waals surface area contributed by atoms with E-state index >= 15 is 0 Å². The van der Waals surface area contributed by atoms with E-state index < -0.39 is 5.97 Å². The van der Waals surface area contributed by atoms with E-state index in [9.17, 15) is 0 Å². The molecule has 5 rings (SSSR count). The van der Waals surface area contributed by atoms with Crippen molar-refractivity contribution in [1.82, 2.24) is 0 Å². The van der Waals surface area contributed by atoms with Crippen molar-refractivity contribution in [3.63, 3.8) is 0 Å². The summed E-state index contributed by atoms with van der Waals surface area (Å²) in [7, 11) is 0. The number of rotatable bonds is 2. The second kappa shape index (κ2) is 3.56. The molecule has 1 aromatic rings. The predicted molar refractivity (Wildman–Crippen MR) is 66.0 cm³/mol. The summed E-state index contributed by atoms with van der Waals surface area (Å²) in [5.74, 6) is 0.122. The Bertz CT molecular complexity index is 432. The molecular formula is C15H18O3. The molecule has 3 saturated heterocycles. The van der Waals surface area contributed by atoms with Crippen molar-refractivity contribution in [2.45, 2.75) is 25.2 Å². The second-order valence-electron chi connectivity index (χ2n) is 6.14. The molecule has 0 N–H and O–H groups in total. The third-order valence-corrected chi connectivity index (χ3v) is 4.34. The molecule has 0 amide bonds. The van der Waals surface area contributed by atoms with E-state index in [1.807, 2.05) is 0 Å². The average molecular weight is 246 g/mol. The van der Waals surface area contributed by atoms with Crippen LogP contribution >= 0.6 is 0 Å². The molecule has 3 nitrogen and oxygen atoms in total. The van der Waals surface area contributed by atoms with Gasteiger partial charge in [0.05, 0.1) is 19.8 Å². The first-order valence-electron chi connectivity index (χ1n) is 6.68. The van der Waals surface area contributed by atoms with Crippen molar-refractivity contribution in [3.05, 3.63) is 35.9 Å². The minimum absolute atomic E-state index is 0.0544. The highest BCUT2D eigenvalue weighted by Gasteiger charge is 2.62. The molecule has 0 spiro atoms. The van der Waals surface area contributed by atoms with Gasteiger partial charge in [0, 0.05) is 11.3 Å². The zero-order valence-electron chi connectivity index (χ0n) is 10.6. The van der Waals surface area contributed by atoms with Crippen LogP contribution in [0.2, 0.25) is 0 Å². The fourth-order valence-corrected chi connectivity index (χ4v) is 3.05. The molecule has 2 bridgehead atoms. The van der Waals surface area contributed by atoms with Crippen LogP contribution < -0.4 is 0 Å². The van der Waals surface area contributed by atoms with Gasteiger partial charge in [-0.15, -0.1) is 0 Å². The third kappa shape index (κ3) is 1.54. The summed E-state index contributed by atoms with van der Waals surface area (Å²) in [4.78, 5) is 0. The number of hydrogen-bond acceptors (Lipinski definition) is 3. The van der Waals surface area contributed by atoms with Crippen molar-refractivity contribution in [2.24, 2.45) is 11.3 Å². The molecule has 96 valence electrons. The normalized spacial score (nSPS) is 46.1. The van der Waals surface area contributed by atoms with Gasteiger partial charge in [-0.25, -0.2) is 0 Å². The molecule has 3 heterocycles. The van der Waals surface area contributed by atoms with E-state index in [-0.39, 0.29) is 5.41 Å². The van der Waals surface area contributed by atoms with Crippen LogP contribution in [-0.2, 0) is 14.2 Å². The first kappa shape index (κ1) is 11.0. The van der Waals surface area contributed by atoms with Crippen LogP contribution in [-0.4, -0.2) is 25.8 Å². The molecule has 18 heavy (non-hydrogen) atoms. The van der Waals surface area contributed by atoms with Gasteiger partial charge in [-0.1, -0.05) is 37.3 Å². The first-order chi connectivity index (χ1) is 8.71. The van der Waals surface area contributed by atoms with E-state index in [0.29, 0.717) is 11.8 Å². The maximum Gasteiger partial charge on any atom is 0.286 e. The first-order valence-corrected chi connectivity index (χ1v) is 6.68. The maximum atomic E-state index is 5.90. The van der Waals surface area contributed by atoms with Crippen LogP contribution in [0.4, 0.5) is 0 Å². The summed E-state index contributed by atoms with van der Waals surface area (Å²) >= 11 is 0. The van der Waals surface area contributed by atoms with Crippen LogP contribution in [0, 0.1) is 11.3 Å². The molecule has 0 unspecified atom stereocenters. The van der Waals surface area contributed by atoms with Gasteiger partial charge in [-0.05, 0) is 17.9 Å². The van der Waals surface area contributed by atoms with Crippen LogP contribution in [0.5, 0.6) is 0 Å². The van der Waals surface area contributed by atoms with Crippen LogP contribution in [0.25, 0.3) is 0 Å². The number of hydrogen-bond donors (Lipinski definition) is 0. The topological polar surface area (TPSA) is 27.7 Å². The van der Waals surface area contributed by atoms with Gasteiger partial charge < -0.3 is 14.2 Å². The number of benzene rings is 1. The van der Waals surface area contributed by atoms with Crippen molar-refractivity contribution in [2.75, 3.05) is 19.8 Å². The molecule has 4 fully saturated rings. The van der Waals surface area contributed by atoms with Crippen molar-refractivity contribution >= 4 is 0 Å². The Labute approximate surface area is 107 Å². The zero-order chi connectivity index (χ0) is 12.2. The van der Waals surface area contributed by atoms with Gasteiger partial charge in [-0.3, -0.25) is 0 Å². The molecule has 3 heteroatoms. The zero-order valence-corrected chi connectivity index (χ0v) is 10.6. The summed E-state index contributed by atoms with van der Waals surface area (Å²) in [6.07, 6.45) is 1.10. The highest BCUT2D eigenvalue weighted by Crippen LogP contribution is 2.58. The quantitative estimate of drug-likeness (QED) is 0.802. The minimum atomic E-state index is -0.752. The number of fused-ring (bicyclic) bond motifs is 3. The molecule has 4 aliphatic rings. The van der Waals surface area contributed by atoms with Crippen molar-refractivity contribution in [1.29, 1.82) is 0 Å². The van der Waals surface area contributed by atoms with Gasteiger partial charge >= 0.3 is 0 Å². The van der Waals surface area contributed by atoms with Crippen molar-refractivity contribution in [3.8, 4) is 0 Å². The highest BCUT2D eigenvalue weighted by molar-refractivity contribution is 5.26. The highest BCUT2D eigenvalue weighted by atomic mass is 16.9. The second-order valence-corrected chi connectivity index (χ2v) is 6.14. The Hall–Kier alpha value is -0.900. The predicted octanol–water partition coefficient (Wildman–Crippen LogP) is 2.53. The largest absolute Gasteiger partial charge is 0.326 e. The average Bonchev–Trinajstić information content (AvgIpc) is 3.22. The van der Waals surface area contributed by atoms with Crippen LogP contribution in [0.3, 0.4) is 0 Å². The van der Waals surface area contributed by atoms with E-state index in [2.05, 4.69) is 37.3 Å². The van der Waals surface area contributed by atoms with E-state index in [4.69, 9.17) is 14.2 Å². The summed E-state index contributed by atoms with van der Waals surface area (Å²) in [5.41, 5.74) is 1.42. The van der Waals surface area contributed by atoms with Gasteiger partial charge in [0.15, 0.2) is 0 Å². The lowest BCUT2D eigenvalue weighted by Gasteiger charge is -2.50. The lowest BCUT2D eigenvalue weighted by Crippen LogP contribution is -2.60. The number of ether oxygens (including phenoxy) is 3. The lowest BCUT2D eigenvalue weighted by atomic mass is 9.91. The van der Waals surface area contributed by atoms with E-state index in [1.165, 1.54) is 5.56 Å². The summed E-state index contributed by atoms with van der Waals surface area (Å²) in [6.45, 7) is 4.42. The Morgan fingerprint density at radius 3 is 2.22 bits per heavy atom. The fraction of sp³-hybridized carbons (Fsp3) is 0.600. The summed E-state index contributed by atoms with van der Waals surface area (Å²) in [6, 6.07) is 10.6. The van der Waals surface area contributed by atoms with E-state index in [1.54, 1.807) is 0 Å². The monoisotopic (exact) mass is 246 g/mol. The minimum Gasteiger partial charge on any atom is -0.326 e. The summed E-state index contributed by atoms with van der Waals surface area (Å²) in [5, 5.41) is 0. The van der Waals surface area contributed by atoms with Crippen molar-refractivity contribution < 1.29 is 14.2 Å². The van der Waals surface area contributed by atoms with Gasteiger partial charge in [-0.2, -0.15) is 0 Å². The third-order valence-electron chi connectivity index (χ3n) is 4.34. The summed E-state index contributed by atoms with van der Waals surface area (Å²) < 4.78 is 17.7. The Morgan fingerprint density at radius 1 is 1.00 bits per heavy atom. The van der Waals surface area contributed by atoms with Gasteiger partial charge in [0.2, 0.25) is 0 Å². The Morgan fingerprint density at radius 2 is 1.61 bits per heavy atom. The molecule has 1 aromatic carbocycles. The molecule has 1 aliphatic carbocycles. The van der Waals surface area contributed by atoms with Gasteiger partial charge in [0.25, 0.3) is 5.97 Å². The van der Waals surface area contributed by atoms with Gasteiger partial charge in [0.1, 0.15) is 0 Å². The standard InChI is InChI=1S/C15H18O3/c1-14-8-16-15(17-9-14,18-10-14)13-7-12(13)11-5-3-2-4-6-11/h2-6,12-13H,7-10H2,1H3/t12-,13+,14?,15?/m0/s1. The SMILES string of the molecule is CC12COC([C@@H]3C[C@H]3c3ccccc3)(OC1)OC2. The van der Waals surface area contributed by atoms with E-state index in [0.717, 1.165) is 26.2 Å². The van der Waals surface area contributed by atoms with Crippen LogP contribution in [0.15, 0.2) is 30.3 Å². The molecular weight excluding hydrogens is 228 g/mol. The molecule has 1 saturated carbocycles. The Balaban J connectivity index is 1.53. The molecule has 3 aliphatic heterocycles. The molecule has 0 aromatic heterocycles. The maximum absolute atomic E-state index is 5.90.